The quantitative estimate of drug-likeness (QED) is 0.772. The largest absolute Gasteiger partial charge is 0.494 e. The molecule has 2 heteroatoms. The summed E-state index contributed by atoms with van der Waals surface area (Å²) in [4.78, 5) is 0. The molecule has 1 aromatic carbocycles. The molecule has 2 nitrogen and oxygen atoms in total. The lowest BCUT2D eigenvalue weighted by molar-refractivity contribution is 0.340. The van der Waals surface area contributed by atoms with Crippen LogP contribution in [0.5, 0.6) is 5.75 Å². The third-order valence-corrected chi connectivity index (χ3v) is 2.87. The Morgan fingerprint density at radius 2 is 1.84 bits per heavy atom. The van der Waals surface area contributed by atoms with Crippen LogP contribution >= 0.6 is 0 Å². The molecule has 0 bridgehead atoms. The van der Waals surface area contributed by atoms with Gasteiger partial charge in [0.2, 0.25) is 0 Å². The van der Waals surface area contributed by atoms with E-state index >= 15 is 0 Å². The standard InChI is InChI=1S/C17H27NO/c1-6-19-16-11-9-15(10-12-16)14(2)8-7-13-18-17(3,4)5/h8-12,18H,6-7,13H2,1-5H3. The topological polar surface area (TPSA) is 21.3 Å². The van der Waals surface area contributed by atoms with Crippen LogP contribution in [-0.2, 0) is 0 Å². The SMILES string of the molecule is CCOc1ccc(C(C)=CCCNC(C)(C)C)cc1. The van der Waals surface area contributed by atoms with Gasteiger partial charge in [-0.25, -0.2) is 0 Å². The van der Waals surface area contributed by atoms with Crippen LogP contribution in [0.3, 0.4) is 0 Å². The molecule has 0 spiro atoms. The first kappa shape index (κ1) is 15.8. The van der Waals surface area contributed by atoms with E-state index in [0.717, 1.165) is 18.7 Å². The first-order valence-corrected chi connectivity index (χ1v) is 7.07. The van der Waals surface area contributed by atoms with Gasteiger partial charge in [-0.05, 0) is 70.9 Å². The van der Waals surface area contributed by atoms with E-state index < -0.39 is 0 Å². The van der Waals surface area contributed by atoms with E-state index in [4.69, 9.17) is 4.74 Å². The zero-order valence-electron chi connectivity index (χ0n) is 12.9. The van der Waals surface area contributed by atoms with Crippen molar-refractivity contribution >= 4 is 5.57 Å². The van der Waals surface area contributed by atoms with Crippen molar-refractivity contribution in [3.8, 4) is 5.75 Å². The third kappa shape index (κ3) is 6.44. The lowest BCUT2D eigenvalue weighted by Crippen LogP contribution is -2.36. The van der Waals surface area contributed by atoms with Gasteiger partial charge in [0.1, 0.15) is 5.75 Å². The van der Waals surface area contributed by atoms with Crippen molar-refractivity contribution in [1.82, 2.24) is 5.32 Å². The Balaban J connectivity index is 2.49. The van der Waals surface area contributed by atoms with Gasteiger partial charge in [0.15, 0.2) is 0 Å². The fraction of sp³-hybridized carbons (Fsp3) is 0.529. The second kappa shape index (κ2) is 7.34. The molecular formula is C17H27NO. The van der Waals surface area contributed by atoms with E-state index in [1.807, 2.05) is 19.1 Å². The maximum Gasteiger partial charge on any atom is 0.119 e. The Morgan fingerprint density at radius 1 is 1.21 bits per heavy atom. The summed E-state index contributed by atoms with van der Waals surface area (Å²) in [6.07, 6.45) is 3.34. The number of hydrogen-bond donors (Lipinski definition) is 1. The first-order chi connectivity index (χ1) is 8.92. The summed E-state index contributed by atoms with van der Waals surface area (Å²) in [5.74, 6) is 0.938. The molecule has 0 unspecified atom stereocenters. The summed E-state index contributed by atoms with van der Waals surface area (Å²) in [7, 11) is 0. The smallest absolute Gasteiger partial charge is 0.119 e. The van der Waals surface area contributed by atoms with Gasteiger partial charge in [-0.3, -0.25) is 0 Å². The van der Waals surface area contributed by atoms with Crippen LogP contribution in [0.1, 0.15) is 46.6 Å². The molecule has 0 aromatic heterocycles. The summed E-state index contributed by atoms with van der Waals surface area (Å²) >= 11 is 0. The van der Waals surface area contributed by atoms with Crippen LogP contribution in [0, 0.1) is 0 Å². The van der Waals surface area contributed by atoms with E-state index in [0.29, 0.717) is 6.61 Å². The zero-order chi connectivity index (χ0) is 14.3. The molecule has 1 aromatic rings. The molecule has 0 aliphatic heterocycles. The molecule has 0 heterocycles. The summed E-state index contributed by atoms with van der Waals surface area (Å²) in [5, 5.41) is 3.49. The number of ether oxygens (including phenoxy) is 1. The zero-order valence-corrected chi connectivity index (χ0v) is 12.9. The first-order valence-electron chi connectivity index (χ1n) is 7.07. The van der Waals surface area contributed by atoms with Gasteiger partial charge in [-0.2, -0.15) is 0 Å². The molecule has 0 fully saturated rings. The molecule has 19 heavy (non-hydrogen) atoms. The molecule has 0 saturated heterocycles. The van der Waals surface area contributed by atoms with Crippen molar-refractivity contribution in [2.24, 2.45) is 0 Å². The lowest BCUT2D eigenvalue weighted by atomic mass is 10.1. The van der Waals surface area contributed by atoms with Gasteiger partial charge in [0.25, 0.3) is 0 Å². The monoisotopic (exact) mass is 261 g/mol. The van der Waals surface area contributed by atoms with E-state index in [2.05, 4.69) is 51.2 Å². The Kier molecular flexibility index (Phi) is 6.10. The summed E-state index contributed by atoms with van der Waals surface area (Å²) in [6.45, 7) is 12.5. The summed E-state index contributed by atoms with van der Waals surface area (Å²) in [6, 6.07) is 8.30. The number of rotatable bonds is 6. The second-order valence-electron chi connectivity index (χ2n) is 5.81. The van der Waals surface area contributed by atoms with Gasteiger partial charge < -0.3 is 10.1 Å². The van der Waals surface area contributed by atoms with Gasteiger partial charge in [-0.1, -0.05) is 18.2 Å². The van der Waals surface area contributed by atoms with Crippen molar-refractivity contribution in [3.63, 3.8) is 0 Å². The number of allylic oxidation sites excluding steroid dienone is 1. The average molecular weight is 261 g/mol. The fourth-order valence-electron chi connectivity index (χ4n) is 1.83. The highest BCUT2D eigenvalue weighted by Crippen LogP contribution is 2.18. The molecule has 0 aliphatic carbocycles. The molecule has 0 amide bonds. The number of hydrogen-bond acceptors (Lipinski definition) is 2. The highest BCUT2D eigenvalue weighted by atomic mass is 16.5. The van der Waals surface area contributed by atoms with Crippen LogP contribution in [0.25, 0.3) is 5.57 Å². The number of benzene rings is 1. The van der Waals surface area contributed by atoms with Crippen LogP contribution < -0.4 is 10.1 Å². The maximum atomic E-state index is 5.45. The van der Waals surface area contributed by atoms with Gasteiger partial charge in [-0.15, -0.1) is 0 Å². The van der Waals surface area contributed by atoms with Gasteiger partial charge >= 0.3 is 0 Å². The predicted molar refractivity (Wildman–Crippen MR) is 83.6 cm³/mol. The van der Waals surface area contributed by atoms with E-state index in [9.17, 15) is 0 Å². The van der Waals surface area contributed by atoms with Crippen LogP contribution in [0.15, 0.2) is 30.3 Å². The molecule has 0 radical (unpaired) electrons. The van der Waals surface area contributed by atoms with Crippen molar-refractivity contribution in [2.75, 3.05) is 13.2 Å². The van der Waals surface area contributed by atoms with Crippen LogP contribution in [-0.4, -0.2) is 18.7 Å². The molecule has 106 valence electrons. The number of nitrogens with one attached hydrogen (secondary N) is 1. The van der Waals surface area contributed by atoms with E-state index in [1.165, 1.54) is 11.1 Å². The second-order valence-corrected chi connectivity index (χ2v) is 5.81. The van der Waals surface area contributed by atoms with Crippen LogP contribution in [0.4, 0.5) is 0 Å². The molecule has 0 aliphatic rings. The Labute approximate surface area is 117 Å². The third-order valence-electron chi connectivity index (χ3n) is 2.87. The highest BCUT2D eigenvalue weighted by molar-refractivity contribution is 5.64. The van der Waals surface area contributed by atoms with Crippen molar-refractivity contribution < 1.29 is 4.74 Å². The highest BCUT2D eigenvalue weighted by Gasteiger charge is 2.06. The van der Waals surface area contributed by atoms with E-state index in [1.54, 1.807) is 0 Å². The minimum Gasteiger partial charge on any atom is -0.494 e. The average Bonchev–Trinajstić information content (AvgIpc) is 2.34. The minimum atomic E-state index is 0.195. The Bertz CT molecular complexity index is 398. The molecular weight excluding hydrogens is 234 g/mol. The van der Waals surface area contributed by atoms with E-state index in [-0.39, 0.29) is 5.54 Å². The lowest BCUT2D eigenvalue weighted by Gasteiger charge is -2.19. The van der Waals surface area contributed by atoms with Gasteiger partial charge in [0, 0.05) is 5.54 Å². The van der Waals surface area contributed by atoms with Gasteiger partial charge in [0.05, 0.1) is 6.61 Å². The fourth-order valence-corrected chi connectivity index (χ4v) is 1.83. The Morgan fingerprint density at radius 3 is 2.37 bits per heavy atom. The molecule has 0 saturated carbocycles. The summed E-state index contributed by atoms with van der Waals surface area (Å²) in [5.41, 5.74) is 2.78. The predicted octanol–water partition coefficient (Wildman–Crippen LogP) is 4.27. The molecule has 1 N–H and O–H groups in total. The van der Waals surface area contributed by atoms with Crippen LogP contribution in [0.2, 0.25) is 0 Å². The molecule has 1 rings (SSSR count). The maximum absolute atomic E-state index is 5.45. The van der Waals surface area contributed by atoms with Crippen molar-refractivity contribution in [2.45, 2.75) is 46.6 Å². The minimum absolute atomic E-state index is 0.195. The van der Waals surface area contributed by atoms with Crippen molar-refractivity contribution in [1.29, 1.82) is 0 Å². The normalized spacial score (nSPS) is 12.6. The Hall–Kier alpha value is -1.28. The summed E-state index contributed by atoms with van der Waals surface area (Å²) < 4.78 is 5.45. The van der Waals surface area contributed by atoms with Crippen molar-refractivity contribution in [3.05, 3.63) is 35.9 Å². The molecule has 0 atom stereocenters.